The SMILES string of the molecule is CCCCCCNC(=O)CSc1nnc(C)n1-c1ccccc1C. The zero-order chi connectivity index (χ0) is 17.4. The molecular formula is C18H26N4OS. The van der Waals surface area contributed by atoms with Crippen molar-refractivity contribution in [2.45, 2.75) is 51.6 Å². The van der Waals surface area contributed by atoms with Gasteiger partial charge >= 0.3 is 0 Å². The van der Waals surface area contributed by atoms with Crippen molar-refractivity contribution in [3.63, 3.8) is 0 Å². The highest BCUT2D eigenvalue weighted by Gasteiger charge is 2.14. The average Bonchev–Trinajstić information content (AvgIpc) is 2.94. The molecule has 1 amide bonds. The van der Waals surface area contributed by atoms with Crippen LogP contribution in [-0.2, 0) is 4.79 Å². The molecule has 1 N–H and O–H groups in total. The summed E-state index contributed by atoms with van der Waals surface area (Å²) in [5, 5.41) is 12.1. The third-order valence-corrected chi connectivity index (χ3v) is 4.77. The maximum absolute atomic E-state index is 12.0. The molecular weight excluding hydrogens is 320 g/mol. The van der Waals surface area contributed by atoms with E-state index in [-0.39, 0.29) is 5.91 Å². The molecule has 0 aliphatic carbocycles. The molecule has 24 heavy (non-hydrogen) atoms. The van der Waals surface area contributed by atoms with Crippen LogP contribution in [0.2, 0.25) is 0 Å². The zero-order valence-corrected chi connectivity index (χ0v) is 15.5. The van der Waals surface area contributed by atoms with Gasteiger partial charge in [-0.15, -0.1) is 10.2 Å². The van der Waals surface area contributed by atoms with Crippen LogP contribution in [0.4, 0.5) is 0 Å². The summed E-state index contributed by atoms with van der Waals surface area (Å²) in [7, 11) is 0. The fraction of sp³-hybridized carbons (Fsp3) is 0.500. The Morgan fingerprint density at radius 3 is 2.71 bits per heavy atom. The third kappa shape index (κ3) is 5.09. The molecule has 0 saturated heterocycles. The smallest absolute Gasteiger partial charge is 0.230 e. The van der Waals surface area contributed by atoms with E-state index in [4.69, 9.17) is 0 Å². The number of nitrogens with zero attached hydrogens (tertiary/aromatic N) is 3. The second kappa shape index (κ2) is 9.47. The minimum absolute atomic E-state index is 0.0495. The zero-order valence-electron chi connectivity index (χ0n) is 14.7. The quantitative estimate of drug-likeness (QED) is 0.556. The number of benzene rings is 1. The summed E-state index contributed by atoms with van der Waals surface area (Å²) in [6.07, 6.45) is 4.65. The molecule has 2 rings (SSSR count). The Morgan fingerprint density at radius 1 is 1.17 bits per heavy atom. The number of unbranched alkanes of at least 4 members (excludes halogenated alkanes) is 3. The van der Waals surface area contributed by atoms with Crippen LogP contribution in [0.3, 0.4) is 0 Å². The first-order valence-electron chi connectivity index (χ1n) is 8.51. The highest BCUT2D eigenvalue weighted by atomic mass is 32.2. The van der Waals surface area contributed by atoms with E-state index < -0.39 is 0 Å². The molecule has 0 spiro atoms. The highest BCUT2D eigenvalue weighted by molar-refractivity contribution is 7.99. The molecule has 0 unspecified atom stereocenters. The van der Waals surface area contributed by atoms with Gasteiger partial charge in [0, 0.05) is 6.54 Å². The molecule has 0 bridgehead atoms. The number of hydrogen-bond acceptors (Lipinski definition) is 4. The van der Waals surface area contributed by atoms with Crippen molar-refractivity contribution in [2.24, 2.45) is 0 Å². The minimum Gasteiger partial charge on any atom is -0.355 e. The largest absolute Gasteiger partial charge is 0.355 e. The summed E-state index contributed by atoms with van der Waals surface area (Å²) >= 11 is 1.43. The van der Waals surface area contributed by atoms with Crippen LogP contribution < -0.4 is 5.32 Å². The fourth-order valence-electron chi connectivity index (χ4n) is 2.49. The van der Waals surface area contributed by atoms with E-state index in [2.05, 4.69) is 35.4 Å². The standard InChI is InChI=1S/C18H26N4OS/c1-4-5-6-9-12-19-17(23)13-24-18-21-20-15(3)22(18)16-11-8-7-10-14(16)2/h7-8,10-11H,4-6,9,12-13H2,1-3H3,(H,19,23). The summed E-state index contributed by atoms with van der Waals surface area (Å²) < 4.78 is 2.01. The predicted molar refractivity (Wildman–Crippen MR) is 98.7 cm³/mol. The van der Waals surface area contributed by atoms with Crippen LogP contribution in [0.25, 0.3) is 5.69 Å². The Kier molecular flexibility index (Phi) is 7.31. The molecule has 1 aromatic heterocycles. The lowest BCUT2D eigenvalue weighted by Crippen LogP contribution is -2.26. The number of carbonyl (C=O) groups excluding carboxylic acids is 1. The van der Waals surface area contributed by atoms with Gasteiger partial charge in [-0.1, -0.05) is 56.1 Å². The number of para-hydroxylation sites is 1. The number of aromatic nitrogens is 3. The van der Waals surface area contributed by atoms with E-state index >= 15 is 0 Å². The molecule has 1 aromatic carbocycles. The van der Waals surface area contributed by atoms with Gasteiger partial charge in [-0.05, 0) is 31.9 Å². The van der Waals surface area contributed by atoms with Gasteiger partial charge in [0.25, 0.3) is 0 Å². The van der Waals surface area contributed by atoms with Crippen molar-refractivity contribution < 1.29 is 4.79 Å². The number of carbonyl (C=O) groups is 1. The van der Waals surface area contributed by atoms with Crippen LogP contribution in [0.5, 0.6) is 0 Å². The Hall–Kier alpha value is -1.82. The molecule has 1 heterocycles. The summed E-state index contributed by atoms with van der Waals surface area (Å²) in [5.74, 6) is 1.23. The number of rotatable bonds is 9. The van der Waals surface area contributed by atoms with E-state index in [9.17, 15) is 4.79 Å². The lowest BCUT2D eigenvalue weighted by molar-refractivity contribution is -0.118. The fourth-order valence-corrected chi connectivity index (χ4v) is 3.31. The van der Waals surface area contributed by atoms with Gasteiger partial charge in [0.2, 0.25) is 5.91 Å². The van der Waals surface area contributed by atoms with E-state index in [1.54, 1.807) is 0 Å². The van der Waals surface area contributed by atoms with Crippen molar-refractivity contribution in [2.75, 3.05) is 12.3 Å². The van der Waals surface area contributed by atoms with Gasteiger partial charge in [0.15, 0.2) is 5.16 Å². The predicted octanol–water partition coefficient (Wildman–Crippen LogP) is 3.67. The van der Waals surface area contributed by atoms with Gasteiger partial charge in [-0.2, -0.15) is 0 Å². The summed E-state index contributed by atoms with van der Waals surface area (Å²) in [6, 6.07) is 8.12. The van der Waals surface area contributed by atoms with E-state index in [0.29, 0.717) is 5.75 Å². The number of thioether (sulfide) groups is 1. The van der Waals surface area contributed by atoms with Crippen molar-refractivity contribution in [3.8, 4) is 5.69 Å². The monoisotopic (exact) mass is 346 g/mol. The molecule has 2 aromatic rings. The summed E-state index contributed by atoms with van der Waals surface area (Å²) in [5.41, 5.74) is 2.21. The number of hydrogen-bond donors (Lipinski definition) is 1. The molecule has 0 aliphatic heterocycles. The molecule has 0 aliphatic rings. The first-order chi connectivity index (χ1) is 11.6. The summed E-state index contributed by atoms with van der Waals surface area (Å²) in [4.78, 5) is 12.0. The first-order valence-corrected chi connectivity index (χ1v) is 9.49. The minimum atomic E-state index is 0.0495. The topological polar surface area (TPSA) is 59.8 Å². The van der Waals surface area contributed by atoms with E-state index in [0.717, 1.165) is 35.2 Å². The highest BCUT2D eigenvalue weighted by Crippen LogP contribution is 2.23. The molecule has 0 fully saturated rings. The van der Waals surface area contributed by atoms with Crippen molar-refractivity contribution >= 4 is 17.7 Å². The van der Waals surface area contributed by atoms with E-state index in [1.165, 1.54) is 31.0 Å². The average molecular weight is 347 g/mol. The second-order valence-electron chi connectivity index (χ2n) is 5.85. The van der Waals surface area contributed by atoms with Gasteiger partial charge in [0.05, 0.1) is 11.4 Å². The van der Waals surface area contributed by atoms with Crippen LogP contribution >= 0.6 is 11.8 Å². The van der Waals surface area contributed by atoms with Crippen LogP contribution in [0.15, 0.2) is 29.4 Å². The van der Waals surface area contributed by atoms with Gasteiger partial charge in [-0.25, -0.2) is 0 Å². The van der Waals surface area contributed by atoms with Gasteiger partial charge in [0.1, 0.15) is 5.82 Å². The molecule has 130 valence electrons. The number of aryl methyl sites for hydroxylation is 2. The van der Waals surface area contributed by atoms with Crippen molar-refractivity contribution in [1.29, 1.82) is 0 Å². The lowest BCUT2D eigenvalue weighted by atomic mass is 10.2. The Balaban J connectivity index is 1.92. The van der Waals surface area contributed by atoms with Gasteiger partial charge in [-0.3, -0.25) is 9.36 Å². The normalized spacial score (nSPS) is 10.8. The molecule has 0 radical (unpaired) electrons. The van der Waals surface area contributed by atoms with Gasteiger partial charge < -0.3 is 5.32 Å². The Morgan fingerprint density at radius 2 is 1.96 bits per heavy atom. The first kappa shape index (κ1) is 18.5. The van der Waals surface area contributed by atoms with Crippen LogP contribution in [-0.4, -0.2) is 33.0 Å². The molecule has 0 saturated carbocycles. The van der Waals surface area contributed by atoms with Crippen LogP contribution in [0.1, 0.15) is 44.0 Å². The number of nitrogens with one attached hydrogen (secondary N) is 1. The maximum Gasteiger partial charge on any atom is 0.230 e. The molecule has 6 heteroatoms. The maximum atomic E-state index is 12.0. The lowest BCUT2D eigenvalue weighted by Gasteiger charge is -2.11. The third-order valence-electron chi connectivity index (χ3n) is 3.84. The van der Waals surface area contributed by atoms with E-state index in [1.807, 2.05) is 29.7 Å². The molecule has 0 atom stereocenters. The molecule has 5 nitrogen and oxygen atoms in total. The van der Waals surface area contributed by atoms with Crippen LogP contribution in [0, 0.1) is 13.8 Å². The second-order valence-corrected chi connectivity index (χ2v) is 6.79. The number of amides is 1. The Labute approximate surface area is 148 Å². The van der Waals surface area contributed by atoms with Crippen molar-refractivity contribution in [1.82, 2.24) is 20.1 Å². The summed E-state index contributed by atoms with van der Waals surface area (Å²) in [6.45, 7) is 6.92. The van der Waals surface area contributed by atoms with Crippen molar-refractivity contribution in [3.05, 3.63) is 35.7 Å². The Bertz CT molecular complexity index is 669.